The molecule has 2 aromatic rings. The van der Waals surface area contributed by atoms with Gasteiger partial charge in [0.05, 0.1) is 5.75 Å². The Morgan fingerprint density at radius 3 is 2.80 bits per heavy atom. The summed E-state index contributed by atoms with van der Waals surface area (Å²) in [5.74, 6) is -0.474. The van der Waals surface area contributed by atoms with Gasteiger partial charge in [0.2, 0.25) is 5.91 Å². The van der Waals surface area contributed by atoms with E-state index in [2.05, 4.69) is 15.2 Å². The number of nitrogens with zero attached hydrogens (tertiary/aromatic N) is 3. The number of thioether (sulfide) groups is 1. The second-order valence-electron chi connectivity index (χ2n) is 7.94. The van der Waals surface area contributed by atoms with Crippen molar-refractivity contribution in [2.75, 3.05) is 31.7 Å². The Kier molecular flexibility index (Phi) is 7.66. The summed E-state index contributed by atoms with van der Waals surface area (Å²) in [6.45, 7) is 3.25. The molecule has 0 unspecified atom stereocenters. The fourth-order valence-corrected chi connectivity index (χ4v) is 4.52. The highest BCUT2D eigenvalue weighted by Gasteiger charge is 2.21. The smallest absolute Gasteiger partial charge is 0.325 e. The average Bonchev–Trinajstić information content (AvgIpc) is 2.70. The van der Waals surface area contributed by atoms with Gasteiger partial charge in [-0.2, -0.15) is 4.98 Å². The molecule has 0 bridgehead atoms. The lowest BCUT2D eigenvalue weighted by atomic mass is 9.97. The molecule has 0 saturated heterocycles. The molecule has 1 N–H and O–H groups in total. The molecule has 1 heterocycles. The fraction of sp³-hybridized carbons (Fsp3) is 0.500. The summed E-state index contributed by atoms with van der Waals surface area (Å²) in [6, 6.07) is 4.62. The standard InChI is InChI=1S/C22H29FN4O2S/c1-15-9-10-16(13-18(15)23)24-20(28)14-30-21-17-7-4-5-8-19(17)27(22(29)25-21)12-6-11-26(2)3/h9-10,13H,4-8,11-12,14H2,1-3H3,(H,24,28). The molecule has 1 aliphatic carbocycles. The first kappa shape index (κ1) is 22.5. The van der Waals surface area contributed by atoms with Gasteiger partial charge in [-0.25, -0.2) is 9.18 Å². The first-order chi connectivity index (χ1) is 14.3. The fourth-order valence-electron chi connectivity index (χ4n) is 3.64. The normalized spacial score (nSPS) is 13.4. The number of hydrogen-bond acceptors (Lipinski definition) is 5. The summed E-state index contributed by atoms with van der Waals surface area (Å²) in [5, 5.41) is 3.37. The number of aromatic nitrogens is 2. The van der Waals surface area contributed by atoms with Gasteiger partial charge in [-0.3, -0.25) is 9.36 Å². The lowest BCUT2D eigenvalue weighted by Crippen LogP contribution is -2.31. The first-order valence-electron chi connectivity index (χ1n) is 10.3. The van der Waals surface area contributed by atoms with Crippen molar-refractivity contribution in [2.24, 2.45) is 0 Å². The molecule has 1 aromatic carbocycles. The summed E-state index contributed by atoms with van der Waals surface area (Å²) in [5.41, 5.74) is 2.89. The monoisotopic (exact) mass is 432 g/mol. The molecule has 6 nitrogen and oxygen atoms in total. The van der Waals surface area contributed by atoms with Crippen molar-refractivity contribution in [3.63, 3.8) is 0 Å². The van der Waals surface area contributed by atoms with Crippen LogP contribution in [-0.4, -0.2) is 46.8 Å². The molecular formula is C22H29FN4O2S. The van der Waals surface area contributed by atoms with Gasteiger partial charge in [0.1, 0.15) is 10.8 Å². The Morgan fingerprint density at radius 2 is 2.07 bits per heavy atom. The van der Waals surface area contributed by atoms with E-state index in [-0.39, 0.29) is 23.2 Å². The van der Waals surface area contributed by atoms with E-state index < -0.39 is 0 Å². The molecule has 1 aromatic heterocycles. The summed E-state index contributed by atoms with van der Waals surface area (Å²) >= 11 is 1.28. The third kappa shape index (κ3) is 5.70. The summed E-state index contributed by atoms with van der Waals surface area (Å²) in [4.78, 5) is 31.4. The molecule has 162 valence electrons. The molecule has 0 aliphatic heterocycles. The van der Waals surface area contributed by atoms with E-state index in [4.69, 9.17) is 0 Å². The summed E-state index contributed by atoms with van der Waals surface area (Å²) in [6.07, 6.45) is 4.77. The Bertz CT molecular complexity index is 974. The number of hydrogen-bond donors (Lipinski definition) is 1. The van der Waals surface area contributed by atoms with Crippen LogP contribution >= 0.6 is 11.8 Å². The van der Waals surface area contributed by atoms with Crippen molar-refractivity contribution in [2.45, 2.75) is 50.6 Å². The third-order valence-electron chi connectivity index (χ3n) is 5.23. The van der Waals surface area contributed by atoms with E-state index in [1.54, 1.807) is 19.1 Å². The number of nitrogens with one attached hydrogen (secondary N) is 1. The molecule has 0 fully saturated rings. The van der Waals surface area contributed by atoms with Crippen LogP contribution in [0.1, 0.15) is 36.1 Å². The Hall–Kier alpha value is -2.19. The number of benzene rings is 1. The Labute approximate surface area is 180 Å². The van der Waals surface area contributed by atoms with E-state index >= 15 is 0 Å². The van der Waals surface area contributed by atoms with Gasteiger partial charge in [-0.05, 0) is 77.4 Å². The average molecular weight is 433 g/mol. The van der Waals surface area contributed by atoms with Crippen LogP contribution in [0.15, 0.2) is 28.0 Å². The van der Waals surface area contributed by atoms with E-state index in [0.29, 0.717) is 22.8 Å². The van der Waals surface area contributed by atoms with Gasteiger partial charge in [0.25, 0.3) is 0 Å². The van der Waals surface area contributed by atoms with Gasteiger partial charge in [-0.15, -0.1) is 0 Å². The van der Waals surface area contributed by atoms with Crippen LogP contribution < -0.4 is 11.0 Å². The maximum atomic E-state index is 13.7. The van der Waals surface area contributed by atoms with Crippen molar-refractivity contribution in [3.05, 3.63) is 51.3 Å². The van der Waals surface area contributed by atoms with E-state index in [1.807, 2.05) is 18.7 Å². The molecule has 8 heteroatoms. The van der Waals surface area contributed by atoms with Gasteiger partial charge >= 0.3 is 5.69 Å². The number of halogens is 1. The van der Waals surface area contributed by atoms with Crippen LogP contribution in [0, 0.1) is 12.7 Å². The van der Waals surface area contributed by atoms with Crippen LogP contribution in [-0.2, 0) is 24.2 Å². The van der Waals surface area contributed by atoms with Crippen LogP contribution in [0.3, 0.4) is 0 Å². The SMILES string of the molecule is Cc1ccc(NC(=O)CSc2nc(=O)n(CCCN(C)C)c3c2CCCC3)cc1F. The number of anilines is 1. The highest BCUT2D eigenvalue weighted by molar-refractivity contribution is 8.00. The molecule has 1 amide bonds. The topological polar surface area (TPSA) is 67.2 Å². The maximum absolute atomic E-state index is 13.7. The highest BCUT2D eigenvalue weighted by Crippen LogP contribution is 2.28. The van der Waals surface area contributed by atoms with Gasteiger partial charge in [0, 0.05) is 23.5 Å². The largest absolute Gasteiger partial charge is 0.348 e. The number of carbonyl (C=O) groups excluding carboxylic acids is 1. The number of fused-ring (bicyclic) bond motifs is 1. The zero-order chi connectivity index (χ0) is 21.7. The number of carbonyl (C=O) groups is 1. The predicted molar refractivity (Wildman–Crippen MR) is 119 cm³/mol. The molecule has 0 saturated carbocycles. The predicted octanol–water partition coefficient (Wildman–Crippen LogP) is 3.25. The van der Waals surface area contributed by atoms with Gasteiger partial charge < -0.3 is 10.2 Å². The molecule has 0 spiro atoms. The molecule has 0 atom stereocenters. The second-order valence-corrected chi connectivity index (χ2v) is 8.91. The Balaban J connectivity index is 1.71. The van der Waals surface area contributed by atoms with Crippen molar-refractivity contribution in [1.82, 2.24) is 14.5 Å². The second kappa shape index (κ2) is 10.2. The quantitative estimate of drug-likeness (QED) is 0.512. The molecule has 3 rings (SSSR count). The third-order valence-corrected chi connectivity index (χ3v) is 6.25. The molecule has 1 aliphatic rings. The van der Waals surface area contributed by atoms with E-state index in [9.17, 15) is 14.0 Å². The minimum absolute atomic E-state index is 0.124. The van der Waals surface area contributed by atoms with Crippen LogP contribution in [0.5, 0.6) is 0 Å². The molecular weight excluding hydrogens is 403 g/mol. The summed E-state index contributed by atoms with van der Waals surface area (Å²) < 4.78 is 15.5. The van der Waals surface area contributed by atoms with Gasteiger partial charge in [-0.1, -0.05) is 17.8 Å². The number of amides is 1. The minimum Gasteiger partial charge on any atom is -0.325 e. The van der Waals surface area contributed by atoms with Crippen LogP contribution in [0.4, 0.5) is 10.1 Å². The Morgan fingerprint density at radius 1 is 1.30 bits per heavy atom. The van der Waals surface area contributed by atoms with Crippen molar-refractivity contribution >= 4 is 23.4 Å². The molecule has 0 radical (unpaired) electrons. The van der Waals surface area contributed by atoms with E-state index in [0.717, 1.165) is 49.9 Å². The summed E-state index contributed by atoms with van der Waals surface area (Å²) in [7, 11) is 4.04. The van der Waals surface area contributed by atoms with Crippen LogP contribution in [0.2, 0.25) is 0 Å². The highest BCUT2D eigenvalue weighted by atomic mass is 32.2. The van der Waals surface area contributed by atoms with Gasteiger partial charge in [0.15, 0.2) is 0 Å². The molecule has 30 heavy (non-hydrogen) atoms. The van der Waals surface area contributed by atoms with Crippen molar-refractivity contribution in [3.8, 4) is 0 Å². The van der Waals surface area contributed by atoms with E-state index in [1.165, 1.54) is 17.8 Å². The number of rotatable bonds is 8. The van der Waals surface area contributed by atoms with Crippen LogP contribution in [0.25, 0.3) is 0 Å². The first-order valence-corrected chi connectivity index (χ1v) is 11.3. The maximum Gasteiger partial charge on any atom is 0.348 e. The zero-order valence-electron chi connectivity index (χ0n) is 17.8. The van der Waals surface area contributed by atoms with Crippen molar-refractivity contribution in [1.29, 1.82) is 0 Å². The lowest BCUT2D eigenvalue weighted by Gasteiger charge is -2.23. The number of aryl methyl sites for hydroxylation is 1. The zero-order valence-corrected chi connectivity index (χ0v) is 18.6. The lowest BCUT2D eigenvalue weighted by molar-refractivity contribution is -0.113. The van der Waals surface area contributed by atoms with Crippen molar-refractivity contribution < 1.29 is 9.18 Å². The minimum atomic E-state index is -0.353.